The standard InChI is InChI=1S/C41H50N4O5/c1-5-10-37-32(25-29-15-18-31(19-16-29)35-13-7-8-14-36(35)40(42-28-46)44-49-4)26-39(47)45(38(6-2)43-37)33-12-9-11-30(17-20-33)27-50-34-21-23-41(3,48)24-22-34/h7-8,11-20,28,34,48H,5-6,9-10,21-27H2,1-4H3,(H,42,44,46). The van der Waals surface area contributed by atoms with Gasteiger partial charge in [-0.25, -0.2) is 4.99 Å². The van der Waals surface area contributed by atoms with Gasteiger partial charge in [-0.2, -0.15) is 0 Å². The van der Waals surface area contributed by atoms with E-state index in [4.69, 9.17) is 14.6 Å². The van der Waals surface area contributed by atoms with E-state index >= 15 is 0 Å². The second kappa shape index (κ2) is 17.4. The summed E-state index contributed by atoms with van der Waals surface area (Å²) in [5.74, 6) is 1.12. The van der Waals surface area contributed by atoms with Gasteiger partial charge in [0.05, 0.1) is 24.7 Å². The molecule has 2 aliphatic carbocycles. The third kappa shape index (κ3) is 9.34. The van der Waals surface area contributed by atoms with E-state index in [0.29, 0.717) is 44.5 Å². The number of amidine groups is 2. The Labute approximate surface area is 296 Å². The molecule has 264 valence electrons. The SMILES string of the molecule is CCCC1=C(Cc2ccc(-c3ccccc3/C(=N/OC)NC=O)cc2)CC(=O)N(C2=CCC=C(COC3CCC(C)(O)CC3)C=C2)C(CC)=N1. The van der Waals surface area contributed by atoms with Crippen molar-refractivity contribution in [2.45, 2.75) is 96.7 Å². The molecule has 0 unspecified atom stereocenters. The Bertz CT molecular complexity index is 1700. The molecule has 1 aliphatic heterocycles. The third-order valence-electron chi connectivity index (χ3n) is 9.52. The van der Waals surface area contributed by atoms with Gasteiger partial charge in [0.2, 0.25) is 12.3 Å². The molecule has 1 heterocycles. The summed E-state index contributed by atoms with van der Waals surface area (Å²) in [5, 5.41) is 16.9. The average Bonchev–Trinajstić information content (AvgIpc) is 3.42. The molecule has 2 aromatic carbocycles. The highest BCUT2D eigenvalue weighted by atomic mass is 16.6. The number of oxime groups is 1. The fraction of sp³-hybridized carbons (Fsp3) is 0.415. The first-order valence-corrected chi connectivity index (χ1v) is 17.8. The zero-order valence-corrected chi connectivity index (χ0v) is 29.8. The summed E-state index contributed by atoms with van der Waals surface area (Å²) < 4.78 is 6.22. The topological polar surface area (TPSA) is 113 Å². The van der Waals surface area contributed by atoms with E-state index in [1.165, 1.54) is 7.11 Å². The lowest BCUT2D eigenvalue weighted by Gasteiger charge is -2.33. The van der Waals surface area contributed by atoms with Gasteiger partial charge in [0.15, 0.2) is 5.84 Å². The minimum Gasteiger partial charge on any atom is -0.397 e. The molecule has 1 saturated carbocycles. The maximum absolute atomic E-state index is 14.1. The lowest BCUT2D eigenvalue weighted by Crippen LogP contribution is -2.34. The number of carbonyl (C=O) groups is 2. The van der Waals surface area contributed by atoms with E-state index in [1.807, 2.05) is 42.2 Å². The molecule has 2 aromatic rings. The molecule has 0 bridgehead atoms. The Morgan fingerprint density at radius 2 is 1.86 bits per heavy atom. The van der Waals surface area contributed by atoms with Crippen LogP contribution in [0.2, 0.25) is 0 Å². The van der Waals surface area contributed by atoms with Crippen molar-refractivity contribution in [3.8, 4) is 11.1 Å². The summed E-state index contributed by atoms with van der Waals surface area (Å²) in [7, 11) is 1.44. The van der Waals surface area contributed by atoms with E-state index in [9.17, 15) is 14.7 Å². The van der Waals surface area contributed by atoms with E-state index in [1.54, 1.807) is 0 Å². The Morgan fingerprint density at radius 3 is 2.56 bits per heavy atom. The zero-order chi connectivity index (χ0) is 35.5. The number of benzene rings is 2. The Balaban J connectivity index is 1.31. The molecular formula is C41H50N4O5. The molecule has 0 spiro atoms. The molecule has 9 heteroatoms. The molecule has 2 amide bonds. The number of aliphatic imine (C=N–C) groups is 1. The van der Waals surface area contributed by atoms with Gasteiger partial charge >= 0.3 is 0 Å². The van der Waals surface area contributed by atoms with Crippen LogP contribution in [0.1, 0.15) is 89.7 Å². The van der Waals surface area contributed by atoms with Gasteiger partial charge in [0.1, 0.15) is 12.9 Å². The number of amides is 2. The Hall–Kier alpha value is -4.60. The highest BCUT2D eigenvalue weighted by Crippen LogP contribution is 2.32. The molecule has 9 nitrogen and oxygen atoms in total. The van der Waals surface area contributed by atoms with Gasteiger partial charge < -0.3 is 20.0 Å². The van der Waals surface area contributed by atoms with Crippen LogP contribution in [-0.2, 0) is 25.6 Å². The molecule has 50 heavy (non-hydrogen) atoms. The molecule has 0 atom stereocenters. The van der Waals surface area contributed by atoms with Gasteiger partial charge in [0.25, 0.3) is 0 Å². The van der Waals surface area contributed by atoms with Crippen molar-refractivity contribution in [1.82, 2.24) is 10.2 Å². The molecular weight excluding hydrogens is 628 g/mol. The lowest BCUT2D eigenvalue weighted by atomic mass is 9.85. The van der Waals surface area contributed by atoms with Crippen molar-refractivity contribution in [3.63, 3.8) is 0 Å². The number of nitrogens with zero attached hydrogens (tertiary/aromatic N) is 3. The maximum atomic E-state index is 14.1. The van der Waals surface area contributed by atoms with Gasteiger partial charge in [-0.15, -0.1) is 0 Å². The van der Waals surface area contributed by atoms with Crippen LogP contribution in [-0.4, -0.2) is 59.4 Å². The number of hydrogen-bond donors (Lipinski definition) is 2. The van der Waals surface area contributed by atoms with Crippen LogP contribution in [0.4, 0.5) is 0 Å². The van der Waals surface area contributed by atoms with Crippen LogP contribution in [0.5, 0.6) is 0 Å². The van der Waals surface area contributed by atoms with Crippen LogP contribution in [0.3, 0.4) is 0 Å². The predicted molar refractivity (Wildman–Crippen MR) is 198 cm³/mol. The Kier molecular flexibility index (Phi) is 12.7. The first-order valence-electron chi connectivity index (χ1n) is 17.8. The van der Waals surface area contributed by atoms with E-state index in [-0.39, 0.29) is 12.0 Å². The molecule has 0 radical (unpaired) electrons. The number of nitrogens with one attached hydrogen (secondary N) is 1. The van der Waals surface area contributed by atoms with Gasteiger partial charge in [0, 0.05) is 23.4 Å². The van der Waals surface area contributed by atoms with Crippen molar-refractivity contribution in [3.05, 3.63) is 107 Å². The van der Waals surface area contributed by atoms with Crippen molar-refractivity contribution in [2.75, 3.05) is 13.7 Å². The fourth-order valence-corrected chi connectivity index (χ4v) is 6.77. The van der Waals surface area contributed by atoms with Gasteiger partial charge in [-0.1, -0.05) is 92.2 Å². The Morgan fingerprint density at radius 1 is 1.10 bits per heavy atom. The maximum Gasteiger partial charge on any atom is 0.236 e. The fourth-order valence-electron chi connectivity index (χ4n) is 6.77. The number of aliphatic hydroxyl groups is 1. The normalized spacial score (nSPS) is 21.6. The van der Waals surface area contributed by atoms with Crippen molar-refractivity contribution < 1.29 is 24.3 Å². The smallest absolute Gasteiger partial charge is 0.236 e. The van der Waals surface area contributed by atoms with Crippen molar-refractivity contribution in [1.29, 1.82) is 0 Å². The molecule has 1 fully saturated rings. The van der Waals surface area contributed by atoms with Crippen molar-refractivity contribution >= 4 is 24.0 Å². The number of rotatable bonds is 13. The summed E-state index contributed by atoms with van der Waals surface area (Å²) in [4.78, 5) is 37.2. The second-order valence-corrected chi connectivity index (χ2v) is 13.4. The van der Waals surface area contributed by atoms with E-state index in [2.05, 4.69) is 66.8 Å². The number of allylic oxidation sites excluding steroid dienone is 4. The number of hydrogen-bond acceptors (Lipinski definition) is 7. The second-order valence-electron chi connectivity index (χ2n) is 13.4. The predicted octanol–water partition coefficient (Wildman–Crippen LogP) is 7.53. The first kappa shape index (κ1) is 36.7. The molecule has 5 rings (SSSR count). The molecule has 2 N–H and O–H groups in total. The summed E-state index contributed by atoms with van der Waals surface area (Å²) in [6.45, 7) is 6.62. The lowest BCUT2D eigenvalue weighted by molar-refractivity contribution is -0.125. The number of ether oxygens (including phenoxy) is 1. The van der Waals surface area contributed by atoms with Crippen LogP contribution in [0.25, 0.3) is 11.1 Å². The van der Waals surface area contributed by atoms with Crippen LogP contribution < -0.4 is 5.32 Å². The third-order valence-corrected chi connectivity index (χ3v) is 9.52. The highest BCUT2D eigenvalue weighted by Gasteiger charge is 2.30. The zero-order valence-electron chi connectivity index (χ0n) is 29.8. The first-order chi connectivity index (χ1) is 24.2. The molecule has 0 saturated heterocycles. The van der Waals surface area contributed by atoms with Crippen molar-refractivity contribution in [2.24, 2.45) is 10.1 Å². The molecule has 3 aliphatic rings. The van der Waals surface area contributed by atoms with E-state index in [0.717, 1.165) is 89.2 Å². The summed E-state index contributed by atoms with van der Waals surface area (Å²) >= 11 is 0. The summed E-state index contributed by atoms with van der Waals surface area (Å²) in [6.07, 6.45) is 16.3. The summed E-state index contributed by atoms with van der Waals surface area (Å²) in [5.41, 5.74) is 7.09. The highest BCUT2D eigenvalue weighted by molar-refractivity contribution is 6.08. The minimum absolute atomic E-state index is 0.0229. The van der Waals surface area contributed by atoms with Gasteiger partial charge in [-0.3, -0.25) is 14.5 Å². The van der Waals surface area contributed by atoms with Crippen LogP contribution >= 0.6 is 0 Å². The largest absolute Gasteiger partial charge is 0.397 e. The van der Waals surface area contributed by atoms with Gasteiger partial charge in [-0.05, 0) is 85.8 Å². The average molecular weight is 679 g/mol. The van der Waals surface area contributed by atoms with E-state index < -0.39 is 5.60 Å². The number of carbonyl (C=O) groups excluding carboxylic acids is 2. The monoisotopic (exact) mass is 678 g/mol. The van der Waals surface area contributed by atoms with Crippen LogP contribution in [0, 0.1) is 0 Å². The molecule has 0 aromatic heterocycles. The minimum atomic E-state index is -0.580. The quantitative estimate of drug-likeness (QED) is 0.0985. The summed E-state index contributed by atoms with van der Waals surface area (Å²) in [6, 6.07) is 16.0. The van der Waals surface area contributed by atoms with Crippen LogP contribution in [0.15, 0.2) is 106 Å².